The van der Waals surface area contributed by atoms with Gasteiger partial charge in [-0.25, -0.2) is 4.79 Å². The number of ether oxygens (including phenoxy) is 3. The van der Waals surface area contributed by atoms with Crippen molar-refractivity contribution in [3.63, 3.8) is 0 Å². The summed E-state index contributed by atoms with van der Waals surface area (Å²) in [5.41, 5.74) is 7.42. The number of carbonyl (C=O) groups is 1. The number of carbonyl (C=O) groups excluding carboxylic acids is 1. The summed E-state index contributed by atoms with van der Waals surface area (Å²) in [6, 6.07) is 12.1. The quantitative estimate of drug-likeness (QED) is 0.676. The molecule has 0 aliphatic rings. The fourth-order valence-electron chi connectivity index (χ4n) is 1.83. The number of hydrogen-bond acceptors (Lipinski definition) is 5. The molecule has 0 radical (unpaired) electrons. The zero-order valence-corrected chi connectivity index (χ0v) is 12.0. The minimum absolute atomic E-state index is 0.169. The van der Waals surface area contributed by atoms with E-state index in [0.29, 0.717) is 17.0 Å². The Morgan fingerprint density at radius 1 is 1.10 bits per heavy atom. The molecule has 0 aliphatic heterocycles. The summed E-state index contributed by atoms with van der Waals surface area (Å²) in [5, 5.41) is 0. The molecule has 21 heavy (non-hydrogen) atoms. The molecule has 0 heterocycles. The average Bonchev–Trinajstić information content (AvgIpc) is 2.53. The number of nitrogens with two attached hydrogens (primary N) is 1. The van der Waals surface area contributed by atoms with Crippen LogP contribution in [0.15, 0.2) is 42.5 Å². The molecule has 0 spiro atoms. The largest absolute Gasteiger partial charge is 0.497 e. The first-order valence-corrected chi connectivity index (χ1v) is 6.37. The molecule has 0 amide bonds. The van der Waals surface area contributed by atoms with Crippen molar-refractivity contribution in [3.05, 3.63) is 53.6 Å². The molecule has 5 heteroatoms. The third kappa shape index (κ3) is 3.66. The standard InChI is InChI=1S/C16H17NO4/c1-19-13-5-3-4-11(8-13)10-21-16(18)12-6-7-14(17)15(9-12)20-2/h3-9H,10,17H2,1-2H3. The van der Waals surface area contributed by atoms with E-state index in [0.717, 1.165) is 11.3 Å². The number of methoxy groups -OCH3 is 2. The lowest BCUT2D eigenvalue weighted by molar-refractivity contribution is 0.0472. The number of benzene rings is 2. The molecule has 110 valence electrons. The van der Waals surface area contributed by atoms with Gasteiger partial charge in [-0.3, -0.25) is 0 Å². The second kappa shape index (κ2) is 6.65. The Bertz CT molecular complexity index is 640. The number of esters is 1. The van der Waals surface area contributed by atoms with Gasteiger partial charge in [0.2, 0.25) is 0 Å². The van der Waals surface area contributed by atoms with Crippen molar-refractivity contribution in [1.82, 2.24) is 0 Å². The molecule has 5 nitrogen and oxygen atoms in total. The Hall–Kier alpha value is -2.69. The Balaban J connectivity index is 2.04. The maximum absolute atomic E-state index is 12.0. The van der Waals surface area contributed by atoms with E-state index in [4.69, 9.17) is 19.9 Å². The van der Waals surface area contributed by atoms with Gasteiger partial charge in [0.05, 0.1) is 25.5 Å². The zero-order valence-electron chi connectivity index (χ0n) is 12.0. The van der Waals surface area contributed by atoms with Crippen LogP contribution in [0.4, 0.5) is 5.69 Å². The molecule has 0 aliphatic carbocycles. The van der Waals surface area contributed by atoms with Gasteiger partial charge in [0.15, 0.2) is 0 Å². The fraction of sp³-hybridized carbons (Fsp3) is 0.188. The van der Waals surface area contributed by atoms with Gasteiger partial charge in [0.1, 0.15) is 18.1 Å². The smallest absolute Gasteiger partial charge is 0.338 e. The highest BCUT2D eigenvalue weighted by Crippen LogP contribution is 2.23. The van der Waals surface area contributed by atoms with Crippen LogP contribution in [-0.2, 0) is 11.3 Å². The van der Waals surface area contributed by atoms with E-state index in [2.05, 4.69) is 0 Å². The first kappa shape index (κ1) is 14.7. The Labute approximate surface area is 123 Å². The second-order valence-corrected chi connectivity index (χ2v) is 4.38. The first-order chi connectivity index (χ1) is 10.1. The Kier molecular flexibility index (Phi) is 4.66. The van der Waals surface area contributed by atoms with Gasteiger partial charge in [0.25, 0.3) is 0 Å². The van der Waals surface area contributed by atoms with Crippen LogP contribution in [0.3, 0.4) is 0 Å². The minimum Gasteiger partial charge on any atom is -0.497 e. The molecular weight excluding hydrogens is 270 g/mol. The third-order valence-electron chi connectivity index (χ3n) is 2.97. The lowest BCUT2D eigenvalue weighted by atomic mass is 10.2. The van der Waals surface area contributed by atoms with Crippen LogP contribution in [0.2, 0.25) is 0 Å². The summed E-state index contributed by atoms with van der Waals surface area (Å²) in [6.07, 6.45) is 0. The van der Waals surface area contributed by atoms with Gasteiger partial charge in [-0.05, 0) is 35.9 Å². The molecule has 0 saturated carbocycles. The maximum Gasteiger partial charge on any atom is 0.338 e. The highest BCUT2D eigenvalue weighted by Gasteiger charge is 2.10. The van der Waals surface area contributed by atoms with E-state index in [1.165, 1.54) is 7.11 Å². The zero-order chi connectivity index (χ0) is 15.2. The topological polar surface area (TPSA) is 70.8 Å². The SMILES string of the molecule is COc1cccc(COC(=O)c2ccc(N)c(OC)c2)c1. The predicted molar refractivity (Wildman–Crippen MR) is 79.5 cm³/mol. The molecule has 2 N–H and O–H groups in total. The molecule has 0 bridgehead atoms. The van der Waals surface area contributed by atoms with Crippen LogP contribution in [0.25, 0.3) is 0 Å². The second-order valence-electron chi connectivity index (χ2n) is 4.38. The lowest BCUT2D eigenvalue weighted by Crippen LogP contribution is -2.06. The van der Waals surface area contributed by atoms with Gasteiger partial charge in [0, 0.05) is 0 Å². The van der Waals surface area contributed by atoms with Crippen molar-refractivity contribution in [2.45, 2.75) is 6.61 Å². The number of rotatable bonds is 5. The average molecular weight is 287 g/mol. The van der Waals surface area contributed by atoms with Crippen LogP contribution in [0.5, 0.6) is 11.5 Å². The number of nitrogen functional groups attached to an aromatic ring is 1. The van der Waals surface area contributed by atoms with E-state index in [1.807, 2.05) is 24.3 Å². The van der Waals surface area contributed by atoms with E-state index in [9.17, 15) is 4.79 Å². The molecule has 0 unspecified atom stereocenters. The van der Waals surface area contributed by atoms with Crippen molar-refractivity contribution in [2.24, 2.45) is 0 Å². The predicted octanol–water partition coefficient (Wildman–Crippen LogP) is 2.64. The van der Waals surface area contributed by atoms with Crippen molar-refractivity contribution < 1.29 is 19.0 Å². The van der Waals surface area contributed by atoms with Gasteiger partial charge >= 0.3 is 5.97 Å². The van der Waals surface area contributed by atoms with E-state index in [-0.39, 0.29) is 6.61 Å². The Morgan fingerprint density at radius 2 is 1.90 bits per heavy atom. The lowest BCUT2D eigenvalue weighted by Gasteiger charge is -2.09. The summed E-state index contributed by atoms with van der Waals surface area (Å²) >= 11 is 0. The van der Waals surface area contributed by atoms with Crippen LogP contribution in [0.1, 0.15) is 15.9 Å². The fourth-order valence-corrected chi connectivity index (χ4v) is 1.83. The highest BCUT2D eigenvalue weighted by molar-refractivity contribution is 5.90. The van der Waals surface area contributed by atoms with E-state index >= 15 is 0 Å². The van der Waals surface area contributed by atoms with E-state index < -0.39 is 5.97 Å². The molecule has 2 aromatic carbocycles. The Morgan fingerprint density at radius 3 is 2.62 bits per heavy atom. The minimum atomic E-state index is -0.434. The summed E-state index contributed by atoms with van der Waals surface area (Å²) in [5.74, 6) is 0.736. The summed E-state index contributed by atoms with van der Waals surface area (Å²) in [7, 11) is 3.09. The maximum atomic E-state index is 12.0. The van der Waals surface area contributed by atoms with E-state index in [1.54, 1.807) is 25.3 Å². The van der Waals surface area contributed by atoms with Crippen LogP contribution >= 0.6 is 0 Å². The van der Waals surface area contributed by atoms with Crippen LogP contribution in [-0.4, -0.2) is 20.2 Å². The normalized spacial score (nSPS) is 10.0. The van der Waals surface area contributed by atoms with Gasteiger partial charge in [-0.15, -0.1) is 0 Å². The monoisotopic (exact) mass is 287 g/mol. The van der Waals surface area contributed by atoms with Crippen LogP contribution < -0.4 is 15.2 Å². The van der Waals surface area contributed by atoms with Crippen molar-refractivity contribution in [2.75, 3.05) is 20.0 Å². The van der Waals surface area contributed by atoms with Gasteiger partial charge in [-0.2, -0.15) is 0 Å². The first-order valence-electron chi connectivity index (χ1n) is 6.37. The third-order valence-corrected chi connectivity index (χ3v) is 2.97. The van der Waals surface area contributed by atoms with Gasteiger partial charge < -0.3 is 19.9 Å². The summed E-state index contributed by atoms with van der Waals surface area (Å²) in [4.78, 5) is 12.0. The van der Waals surface area contributed by atoms with Crippen molar-refractivity contribution in [1.29, 1.82) is 0 Å². The number of hydrogen-bond donors (Lipinski definition) is 1. The summed E-state index contributed by atoms with van der Waals surface area (Å²) < 4.78 is 15.5. The van der Waals surface area contributed by atoms with Gasteiger partial charge in [-0.1, -0.05) is 12.1 Å². The van der Waals surface area contributed by atoms with Crippen molar-refractivity contribution >= 4 is 11.7 Å². The molecule has 0 saturated heterocycles. The molecular formula is C16H17NO4. The number of anilines is 1. The molecule has 2 rings (SSSR count). The van der Waals surface area contributed by atoms with Crippen molar-refractivity contribution in [3.8, 4) is 11.5 Å². The molecule has 0 atom stereocenters. The summed E-state index contributed by atoms with van der Waals surface area (Å²) in [6.45, 7) is 0.169. The molecule has 0 aromatic heterocycles. The molecule has 0 fully saturated rings. The highest BCUT2D eigenvalue weighted by atomic mass is 16.5. The van der Waals surface area contributed by atoms with Crippen LogP contribution in [0, 0.1) is 0 Å². The molecule has 2 aromatic rings.